The number of pyridine rings is 1. The van der Waals surface area contributed by atoms with Crippen LogP contribution in [0.1, 0.15) is 17.0 Å². The minimum absolute atomic E-state index is 0.0186. The Balaban J connectivity index is 2.29. The molecule has 0 aliphatic heterocycles. The van der Waals surface area contributed by atoms with E-state index in [1.165, 1.54) is 5.56 Å². The van der Waals surface area contributed by atoms with E-state index in [-0.39, 0.29) is 6.61 Å². The molecule has 0 atom stereocenters. The molecule has 1 aromatic carbocycles. The summed E-state index contributed by atoms with van der Waals surface area (Å²) in [6.07, 6.45) is 0. The Labute approximate surface area is 112 Å². The third-order valence-corrected chi connectivity index (χ3v) is 3.41. The maximum absolute atomic E-state index is 9.68. The normalized spacial score (nSPS) is 11.1. The molecule has 96 valence electrons. The molecule has 0 radical (unpaired) electrons. The van der Waals surface area contributed by atoms with Gasteiger partial charge in [-0.1, -0.05) is 35.9 Å². The monoisotopic (exact) mass is 252 g/mol. The topological polar surface area (TPSA) is 37.5 Å². The van der Waals surface area contributed by atoms with Crippen molar-refractivity contribution in [2.45, 2.75) is 20.5 Å². The summed E-state index contributed by atoms with van der Waals surface area (Å²) in [5, 5.41) is 9.68. The van der Waals surface area contributed by atoms with Crippen molar-refractivity contribution in [3.05, 3.63) is 59.4 Å². The predicted molar refractivity (Wildman–Crippen MR) is 76.0 cm³/mol. The van der Waals surface area contributed by atoms with Crippen LogP contribution in [0.3, 0.4) is 0 Å². The van der Waals surface area contributed by atoms with E-state index >= 15 is 0 Å². The van der Waals surface area contributed by atoms with E-state index in [0.29, 0.717) is 0 Å². The Morgan fingerprint density at radius 2 is 1.79 bits per heavy atom. The SMILES string of the molecule is Cc1ccc(-c2nc3cccc(C)n3c2CO)cc1. The largest absolute Gasteiger partial charge is 0.390 e. The first-order valence-corrected chi connectivity index (χ1v) is 6.35. The first-order valence-electron chi connectivity index (χ1n) is 6.35. The molecular weight excluding hydrogens is 236 g/mol. The predicted octanol–water partition coefficient (Wildman–Crippen LogP) is 3.11. The van der Waals surface area contributed by atoms with Crippen LogP contribution in [0.4, 0.5) is 0 Å². The minimum Gasteiger partial charge on any atom is -0.390 e. The molecule has 2 aromatic heterocycles. The number of aryl methyl sites for hydroxylation is 2. The Bertz CT molecular complexity index is 726. The highest BCUT2D eigenvalue weighted by Crippen LogP contribution is 2.25. The molecular formula is C16H16N2O. The number of imidazole rings is 1. The van der Waals surface area contributed by atoms with E-state index in [4.69, 9.17) is 0 Å². The number of hydrogen-bond acceptors (Lipinski definition) is 2. The summed E-state index contributed by atoms with van der Waals surface area (Å²) in [6, 6.07) is 14.2. The zero-order chi connectivity index (χ0) is 13.4. The first kappa shape index (κ1) is 11.9. The summed E-state index contributed by atoms with van der Waals surface area (Å²) < 4.78 is 2.01. The summed E-state index contributed by atoms with van der Waals surface area (Å²) in [7, 11) is 0. The molecule has 1 N–H and O–H groups in total. The quantitative estimate of drug-likeness (QED) is 0.761. The number of fused-ring (bicyclic) bond motifs is 1. The van der Waals surface area contributed by atoms with Gasteiger partial charge in [-0.3, -0.25) is 4.40 Å². The van der Waals surface area contributed by atoms with Crippen LogP contribution < -0.4 is 0 Å². The third-order valence-electron chi connectivity index (χ3n) is 3.41. The van der Waals surface area contributed by atoms with Gasteiger partial charge in [-0.15, -0.1) is 0 Å². The van der Waals surface area contributed by atoms with Crippen molar-refractivity contribution in [3.8, 4) is 11.3 Å². The fraction of sp³-hybridized carbons (Fsp3) is 0.188. The number of aliphatic hydroxyl groups excluding tert-OH is 1. The van der Waals surface area contributed by atoms with E-state index in [9.17, 15) is 5.11 Å². The van der Waals surface area contributed by atoms with Gasteiger partial charge in [-0.05, 0) is 26.0 Å². The second kappa shape index (κ2) is 4.52. The molecule has 0 spiro atoms. The van der Waals surface area contributed by atoms with Gasteiger partial charge in [0.05, 0.1) is 18.0 Å². The van der Waals surface area contributed by atoms with Gasteiger partial charge in [0.2, 0.25) is 0 Å². The summed E-state index contributed by atoms with van der Waals surface area (Å²) in [6.45, 7) is 4.06. The number of rotatable bonds is 2. The van der Waals surface area contributed by atoms with Crippen molar-refractivity contribution in [1.82, 2.24) is 9.38 Å². The smallest absolute Gasteiger partial charge is 0.137 e. The molecule has 2 heterocycles. The first-order chi connectivity index (χ1) is 9.20. The summed E-state index contributed by atoms with van der Waals surface area (Å²) in [4.78, 5) is 4.65. The molecule has 0 aliphatic carbocycles. The van der Waals surface area contributed by atoms with Gasteiger partial charge in [-0.2, -0.15) is 0 Å². The molecule has 0 unspecified atom stereocenters. The summed E-state index contributed by atoms with van der Waals surface area (Å²) >= 11 is 0. The Hall–Kier alpha value is -2.13. The highest BCUT2D eigenvalue weighted by atomic mass is 16.3. The number of nitrogens with zero attached hydrogens (tertiary/aromatic N) is 2. The molecule has 0 aliphatic rings. The van der Waals surface area contributed by atoms with Gasteiger partial charge in [0, 0.05) is 11.3 Å². The molecule has 3 rings (SSSR count). The highest BCUT2D eigenvalue weighted by Gasteiger charge is 2.13. The highest BCUT2D eigenvalue weighted by molar-refractivity contribution is 5.67. The molecule has 19 heavy (non-hydrogen) atoms. The van der Waals surface area contributed by atoms with Crippen LogP contribution in [0.15, 0.2) is 42.5 Å². The van der Waals surface area contributed by atoms with Gasteiger partial charge < -0.3 is 5.11 Å². The Morgan fingerprint density at radius 3 is 2.47 bits per heavy atom. The molecule has 0 fully saturated rings. The third kappa shape index (κ3) is 1.92. The fourth-order valence-corrected chi connectivity index (χ4v) is 2.41. The second-order valence-electron chi connectivity index (χ2n) is 4.79. The molecule has 0 saturated heterocycles. The van der Waals surface area contributed by atoms with Crippen LogP contribution in [0.2, 0.25) is 0 Å². The maximum Gasteiger partial charge on any atom is 0.137 e. The van der Waals surface area contributed by atoms with Crippen molar-refractivity contribution in [2.75, 3.05) is 0 Å². The lowest BCUT2D eigenvalue weighted by atomic mass is 10.1. The lowest BCUT2D eigenvalue weighted by molar-refractivity contribution is 0.276. The van der Waals surface area contributed by atoms with Gasteiger partial charge >= 0.3 is 0 Å². The lowest BCUT2D eigenvalue weighted by Gasteiger charge is -2.04. The van der Waals surface area contributed by atoms with Crippen LogP contribution in [0, 0.1) is 13.8 Å². The van der Waals surface area contributed by atoms with E-state index in [2.05, 4.69) is 24.0 Å². The van der Waals surface area contributed by atoms with Crippen LogP contribution in [0.5, 0.6) is 0 Å². The van der Waals surface area contributed by atoms with Gasteiger partial charge in [0.15, 0.2) is 0 Å². The number of hydrogen-bond donors (Lipinski definition) is 1. The van der Waals surface area contributed by atoms with Crippen molar-refractivity contribution in [3.63, 3.8) is 0 Å². The van der Waals surface area contributed by atoms with Crippen LogP contribution in [-0.4, -0.2) is 14.5 Å². The van der Waals surface area contributed by atoms with Crippen molar-refractivity contribution < 1.29 is 5.11 Å². The fourth-order valence-electron chi connectivity index (χ4n) is 2.41. The average molecular weight is 252 g/mol. The Kier molecular flexibility index (Phi) is 2.84. The molecule has 3 aromatic rings. The van der Waals surface area contributed by atoms with E-state index in [1.807, 2.05) is 41.7 Å². The van der Waals surface area contributed by atoms with Gasteiger partial charge in [-0.25, -0.2) is 4.98 Å². The van der Waals surface area contributed by atoms with Gasteiger partial charge in [0.25, 0.3) is 0 Å². The zero-order valence-electron chi connectivity index (χ0n) is 11.1. The maximum atomic E-state index is 9.68. The zero-order valence-corrected chi connectivity index (χ0v) is 11.1. The van der Waals surface area contributed by atoms with Crippen molar-refractivity contribution in [2.24, 2.45) is 0 Å². The van der Waals surface area contributed by atoms with Gasteiger partial charge in [0.1, 0.15) is 5.65 Å². The standard InChI is InChI=1S/C16H16N2O/c1-11-6-8-13(9-7-11)16-14(10-19)18-12(2)4-3-5-15(18)17-16/h3-9,19H,10H2,1-2H3. The Morgan fingerprint density at radius 1 is 1.05 bits per heavy atom. The molecule has 3 nitrogen and oxygen atoms in total. The summed E-state index contributed by atoms with van der Waals surface area (Å²) in [5.74, 6) is 0. The van der Waals surface area contributed by atoms with Crippen molar-refractivity contribution >= 4 is 5.65 Å². The van der Waals surface area contributed by atoms with E-state index in [1.54, 1.807) is 0 Å². The number of aromatic nitrogens is 2. The van der Waals surface area contributed by atoms with Crippen LogP contribution >= 0.6 is 0 Å². The lowest BCUT2D eigenvalue weighted by Crippen LogP contribution is -1.97. The van der Waals surface area contributed by atoms with Crippen LogP contribution in [0.25, 0.3) is 16.9 Å². The molecule has 0 amide bonds. The van der Waals surface area contributed by atoms with Crippen molar-refractivity contribution in [1.29, 1.82) is 0 Å². The van der Waals surface area contributed by atoms with Crippen LogP contribution in [-0.2, 0) is 6.61 Å². The number of benzene rings is 1. The average Bonchev–Trinajstić information content (AvgIpc) is 2.79. The van der Waals surface area contributed by atoms with E-state index < -0.39 is 0 Å². The molecule has 0 bridgehead atoms. The number of aliphatic hydroxyl groups is 1. The molecule has 3 heteroatoms. The minimum atomic E-state index is -0.0186. The molecule has 0 saturated carbocycles. The second-order valence-corrected chi connectivity index (χ2v) is 4.79. The van der Waals surface area contributed by atoms with E-state index in [0.717, 1.165) is 28.3 Å². The summed E-state index contributed by atoms with van der Waals surface area (Å²) in [5.41, 5.74) is 5.91.